The Bertz CT molecular complexity index is 1100. The van der Waals surface area contributed by atoms with Gasteiger partial charge < -0.3 is 24.8 Å². The molecule has 9 heteroatoms. The van der Waals surface area contributed by atoms with Crippen LogP contribution < -0.4 is 15.8 Å². The van der Waals surface area contributed by atoms with Crippen LogP contribution in [0.4, 0.5) is 11.6 Å². The Labute approximate surface area is 153 Å². The van der Waals surface area contributed by atoms with Gasteiger partial charge in [0.1, 0.15) is 23.5 Å². The number of hydrogen-bond donors (Lipinski definition) is 2. The molecule has 136 valence electrons. The summed E-state index contributed by atoms with van der Waals surface area (Å²) in [5.41, 5.74) is 7.90. The number of fused-ring (bicyclic) bond motifs is 1. The molecule has 0 saturated heterocycles. The smallest absolute Gasteiger partial charge is 0.244 e. The number of imidazole rings is 1. The summed E-state index contributed by atoms with van der Waals surface area (Å²) in [6, 6.07) is 10.6. The van der Waals surface area contributed by atoms with Crippen molar-refractivity contribution >= 4 is 28.7 Å². The molecule has 0 spiro atoms. The van der Waals surface area contributed by atoms with Crippen molar-refractivity contribution in [3.63, 3.8) is 0 Å². The Morgan fingerprint density at radius 2 is 2.19 bits per heavy atom. The molecule has 0 aliphatic carbocycles. The molecule has 3 heterocycles. The third-order valence-electron chi connectivity index (χ3n) is 3.90. The standard InChI is InChI=1S/C18H16N6O3/c1-26-12-5-2-4-11(8-12)21-14(25)9-24-10-20-16-15(13-6-3-7-27-13)22-18(19)23-17(16)24/h2-8,10H,9H2,1H3,(H,21,25)(H2,19,22,23). The average molecular weight is 364 g/mol. The highest BCUT2D eigenvalue weighted by molar-refractivity contribution is 5.92. The lowest BCUT2D eigenvalue weighted by atomic mass is 10.3. The predicted octanol–water partition coefficient (Wildman–Crippen LogP) is 2.32. The first-order valence-corrected chi connectivity index (χ1v) is 8.10. The molecule has 3 N–H and O–H groups in total. The minimum atomic E-state index is -0.237. The normalized spacial score (nSPS) is 10.9. The highest BCUT2D eigenvalue weighted by Crippen LogP contribution is 2.26. The SMILES string of the molecule is COc1cccc(NC(=O)Cn2cnc3c(-c4ccco4)nc(N)nc32)c1. The summed E-state index contributed by atoms with van der Waals surface area (Å²) < 4.78 is 12.1. The van der Waals surface area contributed by atoms with Crippen molar-refractivity contribution in [1.29, 1.82) is 0 Å². The van der Waals surface area contributed by atoms with E-state index in [1.165, 1.54) is 12.6 Å². The fourth-order valence-electron chi connectivity index (χ4n) is 2.72. The Morgan fingerprint density at radius 1 is 1.30 bits per heavy atom. The maximum atomic E-state index is 12.4. The zero-order valence-corrected chi connectivity index (χ0v) is 14.4. The molecular formula is C18H16N6O3. The van der Waals surface area contributed by atoms with Gasteiger partial charge >= 0.3 is 0 Å². The van der Waals surface area contributed by atoms with E-state index in [4.69, 9.17) is 14.9 Å². The Kier molecular flexibility index (Phi) is 4.17. The number of anilines is 2. The van der Waals surface area contributed by atoms with Gasteiger partial charge in [-0.25, -0.2) is 9.97 Å². The molecule has 0 bridgehead atoms. The second kappa shape index (κ2) is 6.79. The van der Waals surface area contributed by atoms with Gasteiger partial charge in [0.15, 0.2) is 11.4 Å². The number of nitrogen functional groups attached to an aromatic ring is 1. The number of benzene rings is 1. The van der Waals surface area contributed by atoms with Crippen molar-refractivity contribution in [2.24, 2.45) is 0 Å². The maximum Gasteiger partial charge on any atom is 0.244 e. The summed E-state index contributed by atoms with van der Waals surface area (Å²) in [6.07, 6.45) is 3.06. The van der Waals surface area contributed by atoms with Gasteiger partial charge in [0.2, 0.25) is 11.9 Å². The topological polar surface area (TPSA) is 121 Å². The van der Waals surface area contributed by atoms with E-state index >= 15 is 0 Å². The Balaban J connectivity index is 1.61. The molecule has 0 aliphatic heterocycles. The number of nitrogens with zero attached hydrogens (tertiary/aromatic N) is 4. The number of hydrogen-bond acceptors (Lipinski definition) is 7. The molecule has 4 rings (SSSR count). The molecule has 0 radical (unpaired) electrons. The summed E-state index contributed by atoms with van der Waals surface area (Å²) in [6.45, 7) is 0.0156. The number of nitrogens with one attached hydrogen (secondary N) is 1. The van der Waals surface area contributed by atoms with Crippen LogP contribution in [0.3, 0.4) is 0 Å². The first kappa shape index (κ1) is 16.6. The van der Waals surface area contributed by atoms with Gasteiger partial charge in [-0.05, 0) is 24.3 Å². The number of nitrogens with two attached hydrogens (primary N) is 1. The third-order valence-corrected chi connectivity index (χ3v) is 3.90. The van der Waals surface area contributed by atoms with Gasteiger partial charge in [0.05, 0.1) is 19.7 Å². The number of aromatic nitrogens is 4. The number of carbonyl (C=O) groups excluding carboxylic acids is 1. The van der Waals surface area contributed by atoms with Gasteiger partial charge in [0, 0.05) is 11.8 Å². The van der Waals surface area contributed by atoms with Crippen LogP contribution in [0.15, 0.2) is 53.4 Å². The summed E-state index contributed by atoms with van der Waals surface area (Å²) >= 11 is 0. The van der Waals surface area contributed by atoms with Crippen LogP contribution in [-0.2, 0) is 11.3 Å². The molecule has 0 unspecified atom stereocenters. The van der Waals surface area contributed by atoms with Crippen LogP contribution in [0.2, 0.25) is 0 Å². The van der Waals surface area contributed by atoms with Crippen molar-refractivity contribution < 1.29 is 13.9 Å². The summed E-state index contributed by atoms with van der Waals surface area (Å²) in [5, 5.41) is 2.82. The fraction of sp³-hybridized carbons (Fsp3) is 0.111. The van der Waals surface area contributed by atoms with E-state index in [-0.39, 0.29) is 18.4 Å². The lowest BCUT2D eigenvalue weighted by Gasteiger charge is -2.08. The molecule has 0 atom stereocenters. The molecule has 27 heavy (non-hydrogen) atoms. The molecule has 0 fully saturated rings. The Hall–Kier alpha value is -3.88. The number of methoxy groups -OCH3 is 1. The van der Waals surface area contributed by atoms with Crippen molar-refractivity contribution in [3.8, 4) is 17.2 Å². The van der Waals surface area contributed by atoms with Crippen molar-refractivity contribution in [3.05, 3.63) is 49.0 Å². The molecule has 0 saturated carbocycles. The predicted molar refractivity (Wildman–Crippen MR) is 99.1 cm³/mol. The number of carbonyl (C=O) groups is 1. The van der Waals surface area contributed by atoms with E-state index in [0.717, 1.165) is 0 Å². The van der Waals surface area contributed by atoms with E-state index in [2.05, 4.69) is 20.3 Å². The third kappa shape index (κ3) is 3.30. The highest BCUT2D eigenvalue weighted by Gasteiger charge is 2.17. The second-order valence-corrected chi connectivity index (χ2v) is 5.73. The first-order valence-electron chi connectivity index (χ1n) is 8.10. The zero-order chi connectivity index (χ0) is 18.8. The van der Waals surface area contributed by atoms with E-state index in [1.54, 1.807) is 48.1 Å². The van der Waals surface area contributed by atoms with Crippen LogP contribution in [-0.4, -0.2) is 32.5 Å². The summed E-state index contributed by atoms with van der Waals surface area (Å²) in [5.74, 6) is 1.02. The van der Waals surface area contributed by atoms with E-state index in [1.807, 2.05) is 0 Å². The maximum absolute atomic E-state index is 12.4. The van der Waals surface area contributed by atoms with Crippen LogP contribution in [0.5, 0.6) is 5.75 Å². The molecule has 4 aromatic rings. The van der Waals surface area contributed by atoms with Gasteiger partial charge in [-0.2, -0.15) is 4.98 Å². The van der Waals surface area contributed by atoms with Crippen LogP contribution in [0.25, 0.3) is 22.6 Å². The van der Waals surface area contributed by atoms with Crippen molar-refractivity contribution in [2.75, 3.05) is 18.2 Å². The van der Waals surface area contributed by atoms with Crippen molar-refractivity contribution in [2.45, 2.75) is 6.54 Å². The molecule has 1 amide bonds. The molecule has 9 nitrogen and oxygen atoms in total. The minimum absolute atomic E-state index is 0.0156. The van der Waals surface area contributed by atoms with Crippen LogP contribution in [0.1, 0.15) is 0 Å². The van der Waals surface area contributed by atoms with Gasteiger partial charge in [-0.1, -0.05) is 6.07 Å². The van der Waals surface area contributed by atoms with Gasteiger partial charge in [-0.15, -0.1) is 0 Å². The van der Waals surface area contributed by atoms with Gasteiger partial charge in [-0.3, -0.25) is 4.79 Å². The van der Waals surface area contributed by atoms with E-state index in [0.29, 0.717) is 34.1 Å². The first-order chi connectivity index (χ1) is 13.1. The van der Waals surface area contributed by atoms with E-state index < -0.39 is 0 Å². The fourth-order valence-corrected chi connectivity index (χ4v) is 2.72. The lowest BCUT2D eigenvalue weighted by Crippen LogP contribution is -2.18. The minimum Gasteiger partial charge on any atom is -0.497 e. The largest absolute Gasteiger partial charge is 0.497 e. The van der Waals surface area contributed by atoms with Crippen molar-refractivity contribution in [1.82, 2.24) is 19.5 Å². The number of furan rings is 1. The molecular weight excluding hydrogens is 348 g/mol. The summed E-state index contributed by atoms with van der Waals surface area (Å²) in [7, 11) is 1.57. The number of ether oxygens (including phenoxy) is 1. The van der Waals surface area contributed by atoms with Crippen LogP contribution in [0, 0.1) is 0 Å². The Morgan fingerprint density at radius 3 is 2.96 bits per heavy atom. The molecule has 0 aliphatic rings. The zero-order valence-electron chi connectivity index (χ0n) is 14.4. The lowest BCUT2D eigenvalue weighted by molar-refractivity contribution is -0.116. The number of rotatable bonds is 5. The highest BCUT2D eigenvalue weighted by atomic mass is 16.5. The molecule has 1 aromatic carbocycles. The van der Waals surface area contributed by atoms with Crippen LogP contribution >= 0.6 is 0 Å². The van der Waals surface area contributed by atoms with Gasteiger partial charge in [0.25, 0.3) is 0 Å². The second-order valence-electron chi connectivity index (χ2n) is 5.73. The number of amides is 1. The van der Waals surface area contributed by atoms with E-state index in [9.17, 15) is 4.79 Å². The monoisotopic (exact) mass is 364 g/mol. The summed E-state index contributed by atoms with van der Waals surface area (Å²) in [4.78, 5) is 25.2. The quantitative estimate of drug-likeness (QED) is 0.557. The average Bonchev–Trinajstić information content (AvgIpc) is 3.32. The molecule has 3 aromatic heterocycles.